The van der Waals surface area contributed by atoms with Crippen LogP contribution in [-0.2, 0) is 19.9 Å². The first-order valence-electron chi connectivity index (χ1n) is 7.81. The summed E-state index contributed by atoms with van der Waals surface area (Å²) in [5, 5.41) is 8.29. The van der Waals surface area contributed by atoms with Crippen molar-refractivity contribution in [1.82, 2.24) is 15.1 Å². The second-order valence-corrected chi connectivity index (χ2v) is 6.50. The third-order valence-electron chi connectivity index (χ3n) is 4.25. The Morgan fingerprint density at radius 1 is 1.42 bits per heavy atom. The van der Waals surface area contributed by atoms with Gasteiger partial charge in [0.15, 0.2) is 0 Å². The van der Waals surface area contributed by atoms with Crippen LogP contribution in [0.3, 0.4) is 0 Å². The van der Waals surface area contributed by atoms with Crippen molar-refractivity contribution in [2.75, 3.05) is 6.54 Å². The maximum atomic E-state index is 4.58. The molecular weight excluding hydrogens is 234 g/mol. The molecule has 3 nitrogen and oxygen atoms in total. The molecule has 0 spiro atoms. The maximum Gasteiger partial charge on any atom is 0.0624 e. The molecule has 1 N–H and O–H groups in total. The Balaban J connectivity index is 2.02. The number of hydrogen-bond donors (Lipinski definition) is 1. The van der Waals surface area contributed by atoms with Crippen LogP contribution >= 0.6 is 0 Å². The van der Waals surface area contributed by atoms with E-state index in [1.165, 1.54) is 37.1 Å². The Morgan fingerprint density at radius 3 is 2.68 bits per heavy atom. The van der Waals surface area contributed by atoms with E-state index in [4.69, 9.17) is 0 Å². The van der Waals surface area contributed by atoms with Gasteiger partial charge in [0, 0.05) is 25.3 Å². The van der Waals surface area contributed by atoms with E-state index in [1.807, 2.05) is 0 Å². The molecule has 1 saturated carbocycles. The summed E-state index contributed by atoms with van der Waals surface area (Å²) in [7, 11) is 2.08. The summed E-state index contributed by atoms with van der Waals surface area (Å²) in [4.78, 5) is 0. The number of nitrogens with one attached hydrogen (secondary N) is 1. The van der Waals surface area contributed by atoms with E-state index in [9.17, 15) is 0 Å². The van der Waals surface area contributed by atoms with Gasteiger partial charge in [0.25, 0.3) is 0 Å². The van der Waals surface area contributed by atoms with E-state index in [1.54, 1.807) is 0 Å². The lowest BCUT2D eigenvalue weighted by Crippen LogP contribution is -2.35. The maximum absolute atomic E-state index is 4.58. The van der Waals surface area contributed by atoms with E-state index in [2.05, 4.69) is 49.0 Å². The molecular formula is C16H29N3. The van der Waals surface area contributed by atoms with Crippen LogP contribution in [0, 0.1) is 5.41 Å². The van der Waals surface area contributed by atoms with Gasteiger partial charge < -0.3 is 5.32 Å². The highest BCUT2D eigenvalue weighted by molar-refractivity contribution is 5.12. The Bertz CT molecular complexity index is 406. The Labute approximate surface area is 117 Å². The van der Waals surface area contributed by atoms with Crippen molar-refractivity contribution >= 4 is 0 Å². The van der Waals surface area contributed by atoms with E-state index < -0.39 is 0 Å². The van der Waals surface area contributed by atoms with Gasteiger partial charge in [-0.05, 0) is 43.6 Å². The fourth-order valence-electron chi connectivity index (χ4n) is 2.87. The number of nitrogens with zero attached hydrogens (tertiary/aromatic N) is 2. The number of aryl methyl sites for hydroxylation is 2. The summed E-state index contributed by atoms with van der Waals surface area (Å²) in [5.74, 6) is 0. The second-order valence-electron chi connectivity index (χ2n) is 6.50. The van der Waals surface area contributed by atoms with Crippen LogP contribution in [0.1, 0.15) is 57.8 Å². The lowest BCUT2D eigenvalue weighted by atomic mass is 9.81. The topological polar surface area (TPSA) is 29.9 Å². The first-order chi connectivity index (χ1) is 9.06. The van der Waals surface area contributed by atoms with Crippen molar-refractivity contribution in [2.45, 2.75) is 65.3 Å². The van der Waals surface area contributed by atoms with Gasteiger partial charge >= 0.3 is 0 Å². The Kier molecular flexibility index (Phi) is 4.67. The number of rotatable bonds is 8. The van der Waals surface area contributed by atoms with Gasteiger partial charge in [-0.3, -0.25) is 4.68 Å². The third kappa shape index (κ3) is 4.07. The van der Waals surface area contributed by atoms with Crippen LogP contribution in [0.5, 0.6) is 0 Å². The summed E-state index contributed by atoms with van der Waals surface area (Å²) < 4.78 is 2.07. The van der Waals surface area contributed by atoms with Gasteiger partial charge in [0.05, 0.1) is 5.69 Å². The van der Waals surface area contributed by atoms with Crippen LogP contribution in [0.25, 0.3) is 0 Å². The molecule has 0 bridgehead atoms. The molecule has 0 aromatic carbocycles. The summed E-state index contributed by atoms with van der Waals surface area (Å²) in [6.45, 7) is 8.02. The Hall–Kier alpha value is -0.830. The first-order valence-corrected chi connectivity index (χ1v) is 7.81. The van der Waals surface area contributed by atoms with Crippen molar-refractivity contribution in [3.63, 3.8) is 0 Å². The summed E-state index contributed by atoms with van der Waals surface area (Å²) >= 11 is 0. The minimum absolute atomic E-state index is 0.357. The largest absolute Gasteiger partial charge is 0.313 e. The summed E-state index contributed by atoms with van der Waals surface area (Å²) in [5.41, 5.74) is 2.95. The lowest BCUT2D eigenvalue weighted by molar-refractivity contribution is 0.268. The molecule has 0 amide bonds. The fourth-order valence-corrected chi connectivity index (χ4v) is 2.87. The second kappa shape index (κ2) is 6.08. The van der Waals surface area contributed by atoms with E-state index >= 15 is 0 Å². The predicted molar refractivity (Wildman–Crippen MR) is 80.3 cm³/mol. The zero-order chi connectivity index (χ0) is 13.9. The minimum Gasteiger partial charge on any atom is -0.313 e. The van der Waals surface area contributed by atoms with Crippen LogP contribution < -0.4 is 5.32 Å². The highest BCUT2D eigenvalue weighted by Gasteiger charge is 2.29. The van der Waals surface area contributed by atoms with E-state index in [0.29, 0.717) is 5.41 Å². The van der Waals surface area contributed by atoms with Gasteiger partial charge in [0.1, 0.15) is 0 Å². The van der Waals surface area contributed by atoms with Crippen LogP contribution in [0.15, 0.2) is 6.07 Å². The van der Waals surface area contributed by atoms with Gasteiger partial charge in [-0.2, -0.15) is 5.10 Å². The molecule has 1 aromatic rings. The molecule has 1 atom stereocenters. The number of aromatic nitrogens is 2. The zero-order valence-electron chi connectivity index (χ0n) is 13.0. The van der Waals surface area contributed by atoms with Gasteiger partial charge in [-0.15, -0.1) is 0 Å². The summed E-state index contributed by atoms with van der Waals surface area (Å²) in [6.07, 6.45) is 7.42. The third-order valence-corrected chi connectivity index (χ3v) is 4.25. The van der Waals surface area contributed by atoms with Crippen molar-refractivity contribution in [1.29, 1.82) is 0 Å². The molecule has 1 aliphatic carbocycles. The van der Waals surface area contributed by atoms with Crippen molar-refractivity contribution in [3.05, 3.63) is 17.5 Å². The SMILES string of the molecule is CCCC(C)(CNC1CC1)Cc1cc(CC)nn1C. The molecule has 0 aliphatic heterocycles. The normalized spacial score (nSPS) is 18.5. The van der Waals surface area contributed by atoms with Crippen molar-refractivity contribution in [2.24, 2.45) is 12.5 Å². The zero-order valence-corrected chi connectivity index (χ0v) is 13.0. The highest BCUT2D eigenvalue weighted by atomic mass is 15.3. The molecule has 19 heavy (non-hydrogen) atoms. The molecule has 1 unspecified atom stereocenters. The van der Waals surface area contributed by atoms with Crippen LogP contribution in [0.4, 0.5) is 0 Å². The van der Waals surface area contributed by atoms with Crippen LogP contribution in [0.2, 0.25) is 0 Å². The quantitative estimate of drug-likeness (QED) is 0.781. The molecule has 1 fully saturated rings. The van der Waals surface area contributed by atoms with E-state index in [0.717, 1.165) is 25.4 Å². The Morgan fingerprint density at radius 2 is 2.16 bits per heavy atom. The molecule has 1 aliphatic rings. The lowest BCUT2D eigenvalue weighted by Gasteiger charge is -2.30. The molecule has 0 saturated heterocycles. The standard InChI is InChI=1S/C16H29N3/c1-5-9-16(3,12-17-14-7-8-14)11-15-10-13(6-2)18-19(15)4/h10,14,17H,5-9,11-12H2,1-4H3. The van der Waals surface area contributed by atoms with E-state index in [-0.39, 0.29) is 0 Å². The minimum atomic E-state index is 0.357. The fraction of sp³-hybridized carbons (Fsp3) is 0.812. The monoisotopic (exact) mass is 263 g/mol. The number of hydrogen-bond acceptors (Lipinski definition) is 2. The van der Waals surface area contributed by atoms with Crippen LogP contribution in [-0.4, -0.2) is 22.4 Å². The van der Waals surface area contributed by atoms with Gasteiger partial charge in [-0.25, -0.2) is 0 Å². The van der Waals surface area contributed by atoms with Crippen molar-refractivity contribution < 1.29 is 0 Å². The molecule has 3 heteroatoms. The average Bonchev–Trinajstić information content (AvgIpc) is 3.13. The molecule has 1 heterocycles. The first kappa shape index (κ1) is 14.6. The molecule has 2 rings (SSSR count). The smallest absolute Gasteiger partial charge is 0.0624 e. The molecule has 0 radical (unpaired) electrons. The molecule has 108 valence electrons. The average molecular weight is 263 g/mol. The van der Waals surface area contributed by atoms with Crippen molar-refractivity contribution in [3.8, 4) is 0 Å². The van der Waals surface area contributed by atoms with Gasteiger partial charge in [-0.1, -0.05) is 27.2 Å². The summed E-state index contributed by atoms with van der Waals surface area (Å²) in [6, 6.07) is 3.08. The van der Waals surface area contributed by atoms with Gasteiger partial charge in [0.2, 0.25) is 0 Å². The molecule has 1 aromatic heterocycles. The predicted octanol–water partition coefficient (Wildman–Crippen LogP) is 3.08. The highest BCUT2D eigenvalue weighted by Crippen LogP contribution is 2.29.